The molecule has 6 nitrogen and oxygen atoms in total. The topological polar surface area (TPSA) is 75.4 Å². The predicted octanol–water partition coefficient (Wildman–Crippen LogP) is 0.815. The number of carboxylic acid groups (broad SMARTS) is 1. The molecule has 0 radical (unpaired) electrons. The highest BCUT2D eigenvalue weighted by molar-refractivity contribution is 6.31. The lowest BCUT2D eigenvalue weighted by atomic mass is 10.1. The minimum Gasteiger partial charge on any atom is -0.481 e. The fraction of sp³-hybridized carbons (Fsp3) is 0.545. The second-order valence-electron chi connectivity index (χ2n) is 4.48. The molecule has 1 aromatic heterocycles. The van der Waals surface area contributed by atoms with Gasteiger partial charge in [-0.05, 0) is 6.92 Å². The van der Waals surface area contributed by atoms with Crippen LogP contribution in [-0.4, -0.2) is 38.2 Å². The van der Waals surface area contributed by atoms with E-state index in [1.807, 2.05) is 0 Å². The van der Waals surface area contributed by atoms with Crippen LogP contribution >= 0.6 is 11.6 Å². The Bertz CT molecular complexity index is 512. The van der Waals surface area contributed by atoms with Gasteiger partial charge in [-0.1, -0.05) is 11.6 Å². The maximum absolute atomic E-state index is 11.7. The SMILES string of the molecule is Cc1nn(C)c(CN2CC(C(=O)O)CC2=O)c1Cl. The van der Waals surface area contributed by atoms with Crippen LogP contribution in [-0.2, 0) is 23.2 Å². The molecule has 1 aromatic rings. The Hall–Kier alpha value is -1.56. The molecule has 0 saturated carbocycles. The number of carboxylic acids is 1. The summed E-state index contributed by atoms with van der Waals surface area (Å²) in [7, 11) is 1.75. The van der Waals surface area contributed by atoms with Gasteiger partial charge in [-0.3, -0.25) is 14.3 Å². The summed E-state index contributed by atoms with van der Waals surface area (Å²) < 4.78 is 1.62. The van der Waals surface area contributed by atoms with Crippen LogP contribution in [0.25, 0.3) is 0 Å². The van der Waals surface area contributed by atoms with Crippen LogP contribution in [0, 0.1) is 12.8 Å². The molecule has 1 saturated heterocycles. The first-order chi connectivity index (χ1) is 8.40. The maximum Gasteiger partial charge on any atom is 0.308 e. The van der Waals surface area contributed by atoms with Crippen LogP contribution in [0.3, 0.4) is 0 Å². The average molecular weight is 272 g/mol. The van der Waals surface area contributed by atoms with Crippen molar-refractivity contribution in [2.45, 2.75) is 19.9 Å². The van der Waals surface area contributed by atoms with Gasteiger partial charge in [0.2, 0.25) is 5.91 Å². The molecule has 98 valence electrons. The zero-order valence-electron chi connectivity index (χ0n) is 10.2. The summed E-state index contributed by atoms with van der Waals surface area (Å²) in [5.41, 5.74) is 1.43. The molecule has 0 bridgehead atoms. The summed E-state index contributed by atoms with van der Waals surface area (Å²) in [6, 6.07) is 0. The third-order valence-corrected chi connectivity index (χ3v) is 3.66. The highest BCUT2D eigenvalue weighted by atomic mass is 35.5. The molecular formula is C11H14ClN3O3. The Labute approximate surface area is 109 Å². The molecule has 1 aliphatic heterocycles. The van der Waals surface area contributed by atoms with Gasteiger partial charge in [-0.15, -0.1) is 0 Å². The Balaban J connectivity index is 2.15. The van der Waals surface area contributed by atoms with Gasteiger partial charge in [-0.25, -0.2) is 0 Å². The molecule has 0 spiro atoms. The summed E-state index contributed by atoms with van der Waals surface area (Å²) in [6.45, 7) is 2.32. The number of rotatable bonds is 3. The third kappa shape index (κ3) is 2.20. The first-order valence-corrected chi connectivity index (χ1v) is 5.96. The van der Waals surface area contributed by atoms with E-state index in [1.165, 1.54) is 4.90 Å². The Morgan fingerprint density at radius 1 is 1.61 bits per heavy atom. The minimum atomic E-state index is -0.932. The van der Waals surface area contributed by atoms with Gasteiger partial charge in [0.1, 0.15) is 0 Å². The van der Waals surface area contributed by atoms with Crippen LogP contribution in [0.5, 0.6) is 0 Å². The molecule has 1 fully saturated rings. The molecule has 2 rings (SSSR count). The van der Waals surface area contributed by atoms with Gasteiger partial charge >= 0.3 is 5.97 Å². The van der Waals surface area contributed by atoms with Gasteiger partial charge in [-0.2, -0.15) is 5.10 Å². The molecule has 1 atom stereocenters. The second-order valence-corrected chi connectivity index (χ2v) is 4.86. The van der Waals surface area contributed by atoms with Crippen molar-refractivity contribution in [2.24, 2.45) is 13.0 Å². The molecule has 0 aromatic carbocycles. The van der Waals surface area contributed by atoms with Gasteiger partial charge < -0.3 is 10.0 Å². The zero-order chi connectivity index (χ0) is 13.4. The predicted molar refractivity (Wildman–Crippen MR) is 64.1 cm³/mol. The fourth-order valence-electron chi connectivity index (χ4n) is 2.12. The summed E-state index contributed by atoms with van der Waals surface area (Å²) in [6.07, 6.45) is 0.0593. The molecule has 2 heterocycles. The minimum absolute atomic E-state index is 0.0593. The number of carbonyl (C=O) groups is 2. The van der Waals surface area contributed by atoms with Gasteiger partial charge in [0.15, 0.2) is 0 Å². The van der Waals surface area contributed by atoms with Crippen molar-refractivity contribution in [2.75, 3.05) is 6.54 Å². The highest BCUT2D eigenvalue weighted by Gasteiger charge is 2.34. The summed E-state index contributed by atoms with van der Waals surface area (Å²) >= 11 is 6.10. The Morgan fingerprint density at radius 3 is 2.72 bits per heavy atom. The highest BCUT2D eigenvalue weighted by Crippen LogP contribution is 2.25. The molecule has 0 aliphatic carbocycles. The molecule has 7 heteroatoms. The number of aryl methyl sites for hydroxylation is 2. The average Bonchev–Trinajstić information content (AvgIpc) is 2.76. The van der Waals surface area contributed by atoms with Crippen LogP contribution < -0.4 is 0 Å². The number of amides is 1. The molecule has 1 amide bonds. The van der Waals surface area contributed by atoms with E-state index >= 15 is 0 Å². The van der Waals surface area contributed by atoms with Crippen LogP contribution in [0.4, 0.5) is 0 Å². The maximum atomic E-state index is 11.7. The van der Waals surface area contributed by atoms with Crippen molar-refractivity contribution in [3.05, 3.63) is 16.4 Å². The van der Waals surface area contributed by atoms with Crippen molar-refractivity contribution in [3.8, 4) is 0 Å². The van der Waals surface area contributed by atoms with Gasteiger partial charge in [0.05, 0.1) is 28.9 Å². The smallest absolute Gasteiger partial charge is 0.308 e. The standard InChI is InChI=1S/C11H14ClN3O3/c1-6-10(12)8(14(2)13-6)5-15-4-7(11(17)18)3-9(15)16/h7H,3-5H2,1-2H3,(H,17,18). The number of halogens is 1. The first kappa shape index (κ1) is 12.9. The van der Waals surface area contributed by atoms with E-state index in [0.29, 0.717) is 17.3 Å². The Kier molecular flexibility index (Phi) is 3.30. The van der Waals surface area contributed by atoms with E-state index in [1.54, 1.807) is 18.7 Å². The second kappa shape index (κ2) is 4.61. The fourth-order valence-corrected chi connectivity index (χ4v) is 2.34. The third-order valence-electron chi connectivity index (χ3n) is 3.17. The molecule has 18 heavy (non-hydrogen) atoms. The first-order valence-electron chi connectivity index (χ1n) is 5.58. The lowest BCUT2D eigenvalue weighted by Gasteiger charge is -2.16. The zero-order valence-corrected chi connectivity index (χ0v) is 10.9. The Morgan fingerprint density at radius 2 is 2.28 bits per heavy atom. The van der Waals surface area contributed by atoms with Crippen LogP contribution in [0.1, 0.15) is 17.8 Å². The molecule has 1 aliphatic rings. The van der Waals surface area contributed by atoms with Gasteiger partial charge in [0, 0.05) is 20.0 Å². The van der Waals surface area contributed by atoms with Gasteiger partial charge in [0.25, 0.3) is 0 Å². The molecular weight excluding hydrogens is 258 g/mol. The van der Waals surface area contributed by atoms with Crippen molar-refractivity contribution in [3.63, 3.8) is 0 Å². The van der Waals surface area contributed by atoms with Crippen molar-refractivity contribution >= 4 is 23.5 Å². The normalized spacial score (nSPS) is 19.6. The largest absolute Gasteiger partial charge is 0.481 e. The van der Waals surface area contributed by atoms with Crippen molar-refractivity contribution < 1.29 is 14.7 Å². The van der Waals surface area contributed by atoms with E-state index in [-0.39, 0.29) is 18.9 Å². The quantitative estimate of drug-likeness (QED) is 0.883. The summed E-state index contributed by atoms with van der Waals surface area (Å²) in [5, 5.41) is 13.6. The number of hydrogen-bond acceptors (Lipinski definition) is 3. The van der Waals surface area contributed by atoms with Crippen LogP contribution in [0.2, 0.25) is 5.02 Å². The van der Waals surface area contributed by atoms with E-state index < -0.39 is 11.9 Å². The van der Waals surface area contributed by atoms with Crippen LogP contribution in [0.15, 0.2) is 0 Å². The number of hydrogen-bond donors (Lipinski definition) is 1. The lowest BCUT2D eigenvalue weighted by Crippen LogP contribution is -2.27. The van der Waals surface area contributed by atoms with E-state index in [9.17, 15) is 9.59 Å². The monoisotopic (exact) mass is 271 g/mol. The lowest BCUT2D eigenvalue weighted by molar-refractivity contribution is -0.141. The van der Waals surface area contributed by atoms with E-state index in [4.69, 9.17) is 16.7 Å². The summed E-state index contributed by atoms with van der Waals surface area (Å²) in [5.74, 6) is -1.71. The number of likely N-dealkylation sites (tertiary alicyclic amines) is 1. The number of nitrogens with zero attached hydrogens (tertiary/aromatic N) is 3. The van der Waals surface area contributed by atoms with E-state index in [2.05, 4.69) is 5.10 Å². The summed E-state index contributed by atoms with van der Waals surface area (Å²) in [4.78, 5) is 24.1. The number of carbonyl (C=O) groups excluding carboxylic acids is 1. The number of aromatic nitrogens is 2. The molecule has 1 unspecified atom stereocenters. The van der Waals surface area contributed by atoms with Crippen molar-refractivity contribution in [1.82, 2.24) is 14.7 Å². The van der Waals surface area contributed by atoms with E-state index in [0.717, 1.165) is 5.69 Å². The van der Waals surface area contributed by atoms with Crippen molar-refractivity contribution in [1.29, 1.82) is 0 Å². The molecule has 1 N–H and O–H groups in total. The number of aliphatic carboxylic acids is 1.